The number of nitrogens with zero attached hydrogens (tertiary/aromatic N) is 5. The van der Waals surface area contributed by atoms with Gasteiger partial charge in [0.05, 0.1) is 5.69 Å². The molecule has 1 aromatic carbocycles. The Hall–Kier alpha value is -2.96. The Balaban J connectivity index is 1.60. The number of amides is 1. The van der Waals surface area contributed by atoms with E-state index in [4.69, 9.17) is 0 Å². The van der Waals surface area contributed by atoms with Crippen LogP contribution in [0.1, 0.15) is 45.1 Å². The van der Waals surface area contributed by atoms with Gasteiger partial charge in [-0.05, 0) is 43.7 Å². The van der Waals surface area contributed by atoms with Crippen molar-refractivity contribution >= 4 is 11.4 Å². The molecule has 3 heterocycles. The molecule has 29 heavy (non-hydrogen) atoms. The van der Waals surface area contributed by atoms with Gasteiger partial charge in [-0.1, -0.05) is 38.1 Å². The fraction of sp³-hybridized carbons (Fsp3) is 0.455. The predicted octanol–water partition coefficient (Wildman–Crippen LogP) is 2.91. The van der Waals surface area contributed by atoms with Crippen LogP contribution in [-0.4, -0.2) is 42.8 Å². The Kier molecular flexibility index (Phi) is 5.47. The van der Waals surface area contributed by atoms with Crippen molar-refractivity contribution in [1.29, 1.82) is 0 Å². The van der Waals surface area contributed by atoms with Gasteiger partial charge in [-0.3, -0.25) is 9.59 Å². The van der Waals surface area contributed by atoms with Crippen LogP contribution in [-0.2, 0) is 17.8 Å². The number of carbonyl (C=O) groups is 1. The standard InChI is InChI=1S/C22H27N5O2/c1-3-16-8-10-17(11-9-16)19-13-20-22(29)26(23-15-27(20)24-19)14-21(28)25-12-6-5-7-18(25)4-2/h8-11,13,15,18H,3-7,12,14H2,1-2H3/t18-/m0/s1. The first-order valence-electron chi connectivity index (χ1n) is 10.4. The molecule has 4 rings (SSSR count). The molecule has 1 fully saturated rings. The summed E-state index contributed by atoms with van der Waals surface area (Å²) in [5, 5.41) is 8.66. The number of benzene rings is 1. The van der Waals surface area contributed by atoms with Crippen molar-refractivity contribution < 1.29 is 4.79 Å². The van der Waals surface area contributed by atoms with Gasteiger partial charge in [0, 0.05) is 18.2 Å². The van der Waals surface area contributed by atoms with Crippen molar-refractivity contribution in [1.82, 2.24) is 24.3 Å². The van der Waals surface area contributed by atoms with Crippen LogP contribution in [0, 0.1) is 0 Å². The van der Waals surface area contributed by atoms with Crippen molar-refractivity contribution in [2.24, 2.45) is 0 Å². The predicted molar refractivity (Wildman–Crippen MR) is 112 cm³/mol. The van der Waals surface area contributed by atoms with Crippen LogP contribution in [0.15, 0.2) is 41.5 Å². The molecule has 0 saturated carbocycles. The van der Waals surface area contributed by atoms with Crippen LogP contribution in [0.25, 0.3) is 16.8 Å². The van der Waals surface area contributed by atoms with Gasteiger partial charge in [-0.15, -0.1) is 0 Å². The van der Waals surface area contributed by atoms with E-state index >= 15 is 0 Å². The van der Waals surface area contributed by atoms with Gasteiger partial charge < -0.3 is 4.90 Å². The Morgan fingerprint density at radius 2 is 1.97 bits per heavy atom. The normalized spacial score (nSPS) is 17.0. The topological polar surface area (TPSA) is 72.5 Å². The van der Waals surface area contributed by atoms with Crippen molar-refractivity contribution in [3.63, 3.8) is 0 Å². The number of fused-ring (bicyclic) bond motifs is 1. The maximum absolute atomic E-state index is 12.9. The first-order chi connectivity index (χ1) is 14.1. The second-order valence-electron chi connectivity index (χ2n) is 7.65. The molecule has 0 bridgehead atoms. The number of piperidine rings is 1. The summed E-state index contributed by atoms with van der Waals surface area (Å²) in [6.07, 6.45) is 6.63. The van der Waals surface area contributed by atoms with E-state index in [1.807, 2.05) is 17.0 Å². The molecular weight excluding hydrogens is 366 g/mol. The Bertz CT molecular complexity index is 1070. The lowest BCUT2D eigenvalue weighted by Crippen LogP contribution is -2.46. The molecule has 7 heteroatoms. The Morgan fingerprint density at radius 1 is 1.17 bits per heavy atom. The monoisotopic (exact) mass is 393 g/mol. The van der Waals surface area contributed by atoms with E-state index < -0.39 is 0 Å². The van der Waals surface area contributed by atoms with Gasteiger partial charge in [0.2, 0.25) is 5.91 Å². The molecule has 0 spiro atoms. The van der Waals surface area contributed by atoms with E-state index in [1.165, 1.54) is 21.1 Å². The molecular formula is C22H27N5O2. The molecule has 1 atom stereocenters. The molecule has 7 nitrogen and oxygen atoms in total. The van der Waals surface area contributed by atoms with Gasteiger partial charge in [0.1, 0.15) is 18.4 Å². The number of rotatable bonds is 5. The number of hydrogen-bond donors (Lipinski definition) is 0. The summed E-state index contributed by atoms with van der Waals surface area (Å²) in [4.78, 5) is 27.6. The summed E-state index contributed by atoms with van der Waals surface area (Å²) in [5.41, 5.74) is 3.05. The number of likely N-dealkylation sites (tertiary alicyclic amines) is 1. The van der Waals surface area contributed by atoms with E-state index in [1.54, 1.807) is 6.07 Å². The second kappa shape index (κ2) is 8.19. The highest BCUT2D eigenvalue weighted by Gasteiger charge is 2.26. The molecule has 3 aromatic rings. The van der Waals surface area contributed by atoms with E-state index in [0.29, 0.717) is 5.52 Å². The van der Waals surface area contributed by atoms with Crippen molar-refractivity contribution in [3.05, 3.63) is 52.6 Å². The van der Waals surface area contributed by atoms with Crippen LogP contribution >= 0.6 is 0 Å². The summed E-state index contributed by atoms with van der Waals surface area (Å²) in [6, 6.07) is 10.2. The highest BCUT2D eigenvalue weighted by atomic mass is 16.2. The fourth-order valence-corrected chi connectivity index (χ4v) is 4.08. The Labute approximate surface area is 170 Å². The number of aromatic nitrogens is 4. The fourth-order valence-electron chi connectivity index (χ4n) is 4.08. The Morgan fingerprint density at radius 3 is 2.69 bits per heavy atom. The molecule has 0 radical (unpaired) electrons. The lowest BCUT2D eigenvalue weighted by Gasteiger charge is -2.35. The summed E-state index contributed by atoms with van der Waals surface area (Å²) in [6.45, 7) is 4.95. The highest BCUT2D eigenvalue weighted by molar-refractivity contribution is 5.76. The van der Waals surface area contributed by atoms with E-state index in [0.717, 1.165) is 49.9 Å². The van der Waals surface area contributed by atoms with Crippen molar-refractivity contribution in [3.8, 4) is 11.3 Å². The third-order valence-corrected chi connectivity index (χ3v) is 5.85. The maximum atomic E-state index is 12.9. The minimum atomic E-state index is -0.296. The van der Waals surface area contributed by atoms with Gasteiger partial charge >= 0.3 is 0 Å². The summed E-state index contributed by atoms with van der Waals surface area (Å²) < 4.78 is 2.74. The van der Waals surface area contributed by atoms with E-state index in [2.05, 4.69) is 36.2 Å². The van der Waals surface area contributed by atoms with E-state index in [9.17, 15) is 9.59 Å². The van der Waals surface area contributed by atoms with Gasteiger partial charge in [0.25, 0.3) is 5.56 Å². The summed E-state index contributed by atoms with van der Waals surface area (Å²) >= 11 is 0. The van der Waals surface area contributed by atoms with Gasteiger partial charge in [-0.2, -0.15) is 10.2 Å². The molecule has 0 aliphatic carbocycles. The zero-order valence-corrected chi connectivity index (χ0v) is 17.0. The molecule has 0 unspecified atom stereocenters. The van der Waals surface area contributed by atoms with Crippen LogP contribution in [0.2, 0.25) is 0 Å². The molecule has 1 aliphatic rings. The molecule has 2 aromatic heterocycles. The minimum absolute atomic E-state index is 0.0302. The average Bonchev–Trinajstić information content (AvgIpc) is 3.21. The molecule has 0 N–H and O–H groups in total. The first-order valence-corrected chi connectivity index (χ1v) is 10.4. The zero-order valence-electron chi connectivity index (χ0n) is 17.0. The molecule has 152 valence electrons. The zero-order chi connectivity index (χ0) is 20.4. The SMILES string of the molecule is CCc1ccc(-c2cc3c(=O)n(CC(=O)N4CCCC[C@@H]4CC)ncn3n2)cc1. The largest absolute Gasteiger partial charge is 0.338 e. The first kappa shape index (κ1) is 19.4. The molecule has 1 amide bonds. The molecule has 1 saturated heterocycles. The van der Waals surface area contributed by atoms with Crippen molar-refractivity contribution in [2.45, 2.75) is 58.5 Å². The second-order valence-corrected chi connectivity index (χ2v) is 7.65. The average molecular weight is 393 g/mol. The third kappa shape index (κ3) is 3.81. The lowest BCUT2D eigenvalue weighted by atomic mass is 10.00. The van der Waals surface area contributed by atoms with Gasteiger partial charge in [0.15, 0.2) is 0 Å². The quantitative estimate of drug-likeness (QED) is 0.668. The third-order valence-electron chi connectivity index (χ3n) is 5.85. The summed E-state index contributed by atoms with van der Waals surface area (Å²) in [5.74, 6) is -0.0367. The number of carbonyl (C=O) groups excluding carboxylic acids is 1. The van der Waals surface area contributed by atoms with Crippen LogP contribution in [0.4, 0.5) is 0 Å². The highest BCUT2D eigenvalue weighted by Crippen LogP contribution is 2.20. The van der Waals surface area contributed by atoms with Crippen LogP contribution < -0.4 is 5.56 Å². The smallest absolute Gasteiger partial charge is 0.293 e. The van der Waals surface area contributed by atoms with Crippen LogP contribution in [0.5, 0.6) is 0 Å². The van der Waals surface area contributed by atoms with Crippen molar-refractivity contribution in [2.75, 3.05) is 6.54 Å². The summed E-state index contributed by atoms with van der Waals surface area (Å²) in [7, 11) is 0. The minimum Gasteiger partial charge on any atom is -0.338 e. The number of hydrogen-bond acceptors (Lipinski definition) is 4. The number of aryl methyl sites for hydroxylation is 1. The van der Waals surface area contributed by atoms with E-state index in [-0.39, 0.29) is 24.1 Å². The molecule has 1 aliphatic heterocycles. The lowest BCUT2D eigenvalue weighted by molar-refractivity contribution is -0.135. The van der Waals surface area contributed by atoms with Crippen LogP contribution in [0.3, 0.4) is 0 Å². The maximum Gasteiger partial charge on any atom is 0.293 e. The van der Waals surface area contributed by atoms with Gasteiger partial charge in [-0.25, -0.2) is 9.20 Å².